The van der Waals surface area contributed by atoms with Crippen molar-refractivity contribution in [2.24, 2.45) is 0 Å². The van der Waals surface area contributed by atoms with Crippen LogP contribution in [-0.4, -0.2) is 17.0 Å². The van der Waals surface area contributed by atoms with Crippen molar-refractivity contribution in [2.45, 2.75) is 6.92 Å². The largest absolute Gasteiger partial charge is 0.477 e. The summed E-state index contributed by atoms with van der Waals surface area (Å²) in [5.74, 6) is -1.58. The zero-order chi connectivity index (χ0) is 12.1. The Morgan fingerprint density at radius 2 is 1.88 bits per heavy atom. The molecule has 0 aromatic heterocycles. The summed E-state index contributed by atoms with van der Waals surface area (Å²) in [5, 5.41) is 11.1. The number of benzene rings is 1. The van der Waals surface area contributed by atoms with E-state index in [0.717, 1.165) is 4.47 Å². The molecule has 4 nitrogen and oxygen atoms in total. The van der Waals surface area contributed by atoms with E-state index in [0.29, 0.717) is 5.56 Å². The lowest BCUT2D eigenvalue weighted by Crippen LogP contribution is -2.24. The molecule has 0 spiro atoms. The molecule has 5 heteroatoms. The van der Waals surface area contributed by atoms with Gasteiger partial charge in [-0.25, -0.2) is 4.79 Å². The molecule has 0 fully saturated rings. The van der Waals surface area contributed by atoms with Crippen LogP contribution in [0.3, 0.4) is 0 Å². The normalized spacial score (nSPS) is 11.0. The highest BCUT2D eigenvalue weighted by atomic mass is 79.9. The molecule has 16 heavy (non-hydrogen) atoms. The maximum atomic E-state index is 10.8. The van der Waals surface area contributed by atoms with E-state index in [2.05, 4.69) is 21.2 Å². The van der Waals surface area contributed by atoms with E-state index in [1.165, 1.54) is 13.0 Å². The minimum Gasteiger partial charge on any atom is -0.477 e. The van der Waals surface area contributed by atoms with Crippen molar-refractivity contribution < 1.29 is 14.7 Å². The van der Waals surface area contributed by atoms with Gasteiger partial charge in [-0.1, -0.05) is 28.1 Å². The van der Waals surface area contributed by atoms with Crippen LogP contribution in [0.25, 0.3) is 6.08 Å². The van der Waals surface area contributed by atoms with Gasteiger partial charge in [-0.2, -0.15) is 0 Å². The summed E-state index contributed by atoms with van der Waals surface area (Å²) < 4.78 is 0.904. The number of hydrogen-bond donors (Lipinski definition) is 2. The number of carboxylic acids is 1. The van der Waals surface area contributed by atoms with Crippen molar-refractivity contribution in [3.05, 3.63) is 40.0 Å². The van der Waals surface area contributed by atoms with Crippen LogP contribution in [0.1, 0.15) is 12.5 Å². The zero-order valence-corrected chi connectivity index (χ0v) is 10.1. The quantitative estimate of drug-likeness (QED) is 0.834. The molecule has 0 heterocycles. The summed E-state index contributed by atoms with van der Waals surface area (Å²) in [6.45, 7) is 1.26. The van der Waals surface area contributed by atoms with Crippen molar-refractivity contribution in [1.82, 2.24) is 5.32 Å². The molecular weight excluding hydrogens is 274 g/mol. The molecule has 0 unspecified atom stereocenters. The highest BCUT2D eigenvalue weighted by molar-refractivity contribution is 9.10. The first-order valence-electron chi connectivity index (χ1n) is 4.47. The average molecular weight is 284 g/mol. The Hall–Kier alpha value is -1.62. The molecule has 0 saturated heterocycles. The maximum absolute atomic E-state index is 10.8. The first-order chi connectivity index (χ1) is 7.49. The van der Waals surface area contributed by atoms with Gasteiger partial charge in [0.1, 0.15) is 5.70 Å². The fraction of sp³-hybridized carbons (Fsp3) is 0.0909. The molecule has 0 aliphatic heterocycles. The third kappa shape index (κ3) is 3.86. The lowest BCUT2D eigenvalue weighted by Gasteiger charge is -2.02. The Kier molecular flexibility index (Phi) is 4.25. The van der Waals surface area contributed by atoms with Crippen LogP contribution in [0, 0.1) is 0 Å². The Labute approximate surface area is 101 Å². The number of carboxylic acid groups (broad SMARTS) is 1. The fourth-order valence-corrected chi connectivity index (χ4v) is 1.33. The molecular formula is C11H10BrNO3. The summed E-state index contributed by atoms with van der Waals surface area (Å²) in [6.07, 6.45) is 1.40. The highest BCUT2D eigenvalue weighted by Gasteiger charge is 2.08. The molecule has 0 aliphatic rings. The molecule has 84 valence electrons. The van der Waals surface area contributed by atoms with Gasteiger partial charge in [0.25, 0.3) is 0 Å². The number of aliphatic carboxylic acids is 1. The van der Waals surface area contributed by atoms with Gasteiger partial charge in [0.2, 0.25) is 5.91 Å². The highest BCUT2D eigenvalue weighted by Crippen LogP contribution is 2.12. The minimum atomic E-state index is -1.17. The molecule has 0 atom stereocenters. The number of amides is 1. The van der Waals surface area contributed by atoms with Gasteiger partial charge in [0.05, 0.1) is 0 Å². The van der Waals surface area contributed by atoms with E-state index in [4.69, 9.17) is 5.11 Å². The molecule has 1 amide bonds. The van der Waals surface area contributed by atoms with E-state index >= 15 is 0 Å². The van der Waals surface area contributed by atoms with Gasteiger partial charge in [-0.15, -0.1) is 0 Å². The Morgan fingerprint density at radius 1 is 1.31 bits per heavy atom. The molecule has 0 saturated carbocycles. The third-order valence-electron chi connectivity index (χ3n) is 1.72. The summed E-state index contributed by atoms with van der Waals surface area (Å²) >= 11 is 3.27. The van der Waals surface area contributed by atoms with Crippen LogP contribution >= 0.6 is 15.9 Å². The monoisotopic (exact) mass is 283 g/mol. The molecule has 0 radical (unpaired) electrons. The number of nitrogens with one attached hydrogen (secondary N) is 1. The summed E-state index contributed by atoms with van der Waals surface area (Å²) in [5.41, 5.74) is 0.559. The zero-order valence-electron chi connectivity index (χ0n) is 8.53. The Balaban J connectivity index is 2.97. The van der Waals surface area contributed by atoms with Gasteiger partial charge >= 0.3 is 5.97 Å². The number of rotatable bonds is 3. The van der Waals surface area contributed by atoms with E-state index < -0.39 is 11.9 Å². The van der Waals surface area contributed by atoms with Crippen LogP contribution in [0.5, 0.6) is 0 Å². The maximum Gasteiger partial charge on any atom is 0.352 e. The van der Waals surface area contributed by atoms with E-state index in [-0.39, 0.29) is 5.70 Å². The first-order valence-corrected chi connectivity index (χ1v) is 5.26. The van der Waals surface area contributed by atoms with E-state index in [9.17, 15) is 9.59 Å². The molecule has 1 rings (SSSR count). The van der Waals surface area contributed by atoms with Gasteiger partial charge in [-0.05, 0) is 23.8 Å². The number of hydrogen-bond acceptors (Lipinski definition) is 2. The van der Waals surface area contributed by atoms with Crippen LogP contribution in [0.2, 0.25) is 0 Å². The van der Waals surface area contributed by atoms with Crippen molar-refractivity contribution in [3.8, 4) is 0 Å². The van der Waals surface area contributed by atoms with Crippen molar-refractivity contribution in [2.75, 3.05) is 0 Å². The van der Waals surface area contributed by atoms with Gasteiger partial charge in [0.15, 0.2) is 0 Å². The third-order valence-corrected chi connectivity index (χ3v) is 2.25. The van der Waals surface area contributed by atoms with Gasteiger partial charge < -0.3 is 10.4 Å². The van der Waals surface area contributed by atoms with E-state index in [1.807, 2.05) is 0 Å². The predicted octanol–water partition coefficient (Wildman–Crippen LogP) is 2.01. The van der Waals surface area contributed by atoms with Crippen molar-refractivity contribution in [3.63, 3.8) is 0 Å². The van der Waals surface area contributed by atoms with Gasteiger partial charge in [-0.3, -0.25) is 4.79 Å². The summed E-state index contributed by atoms with van der Waals surface area (Å²) in [4.78, 5) is 21.6. The molecule has 0 bridgehead atoms. The van der Waals surface area contributed by atoms with Crippen molar-refractivity contribution >= 4 is 33.9 Å². The van der Waals surface area contributed by atoms with Crippen LogP contribution in [0.4, 0.5) is 0 Å². The molecule has 1 aromatic rings. The summed E-state index contributed by atoms with van der Waals surface area (Å²) in [6, 6.07) is 7.07. The summed E-state index contributed by atoms with van der Waals surface area (Å²) in [7, 11) is 0. The fourth-order valence-electron chi connectivity index (χ4n) is 1.07. The lowest BCUT2D eigenvalue weighted by atomic mass is 10.2. The second kappa shape index (κ2) is 5.46. The Morgan fingerprint density at radius 3 is 2.31 bits per heavy atom. The van der Waals surface area contributed by atoms with Crippen LogP contribution in [-0.2, 0) is 9.59 Å². The SMILES string of the molecule is CC(=O)N/C(=C\c1ccc(Br)cc1)C(=O)O. The number of halogens is 1. The first kappa shape index (κ1) is 12.4. The lowest BCUT2D eigenvalue weighted by molar-refractivity contribution is -0.134. The van der Waals surface area contributed by atoms with Crippen LogP contribution < -0.4 is 5.32 Å². The van der Waals surface area contributed by atoms with E-state index in [1.54, 1.807) is 24.3 Å². The van der Waals surface area contributed by atoms with Crippen LogP contribution in [0.15, 0.2) is 34.4 Å². The number of carbonyl (C=O) groups excluding carboxylic acids is 1. The number of carbonyl (C=O) groups is 2. The second-order valence-corrected chi connectivity index (χ2v) is 4.01. The average Bonchev–Trinajstić information content (AvgIpc) is 2.19. The van der Waals surface area contributed by atoms with Crippen molar-refractivity contribution in [1.29, 1.82) is 0 Å². The second-order valence-electron chi connectivity index (χ2n) is 3.10. The molecule has 2 N–H and O–H groups in total. The standard InChI is InChI=1S/C11H10BrNO3/c1-7(14)13-10(11(15)16)6-8-2-4-9(12)5-3-8/h2-6H,1H3,(H,13,14)(H,15,16)/b10-6-. The molecule has 1 aromatic carbocycles. The topological polar surface area (TPSA) is 66.4 Å². The predicted molar refractivity (Wildman–Crippen MR) is 63.6 cm³/mol. The smallest absolute Gasteiger partial charge is 0.352 e. The minimum absolute atomic E-state index is 0.144. The molecule has 0 aliphatic carbocycles. The Bertz CT molecular complexity index is 437. The van der Waals surface area contributed by atoms with Gasteiger partial charge in [0, 0.05) is 11.4 Å².